The van der Waals surface area contributed by atoms with Gasteiger partial charge in [-0.15, -0.1) is 4.78 Å². The van der Waals surface area contributed by atoms with Crippen molar-refractivity contribution < 1.29 is 0 Å². The van der Waals surface area contributed by atoms with Crippen molar-refractivity contribution in [3.8, 4) is 0 Å². The Balaban J connectivity index is 0. The minimum atomic E-state index is 0. The van der Waals surface area contributed by atoms with E-state index in [9.17, 15) is 0 Å². The number of nitrogens with zero attached hydrogens (tertiary/aromatic N) is 3. The van der Waals surface area contributed by atoms with Crippen LogP contribution < -0.4 is 0 Å². The molecule has 0 saturated heterocycles. The summed E-state index contributed by atoms with van der Waals surface area (Å²) < 4.78 is 3.06. The van der Waals surface area contributed by atoms with E-state index in [1.807, 2.05) is 0 Å². The summed E-state index contributed by atoms with van der Waals surface area (Å²) in [4.78, 5) is 2.42. The van der Waals surface area contributed by atoms with E-state index in [-0.39, 0.29) is 29.6 Å². The predicted molar refractivity (Wildman–Crippen MR) is 26.2 cm³/mol. The summed E-state index contributed by atoms with van der Waals surface area (Å²) in [7, 11) is 0.598. The molecule has 0 spiro atoms. The van der Waals surface area contributed by atoms with Crippen molar-refractivity contribution in [2.24, 2.45) is 4.78 Å². The van der Waals surface area contributed by atoms with Crippen LogP contribution in [0.2, 0.25) is 0 Å². The van der Waals surface area contributed by atoms with Gasteiger partial charge in [0.2, 0.25) is 0 Å². The van der Waals surface area contributed by atoms with Crippen molar-refractivity contribution in [2.75, 3.05) is 0 Å². The number of azide groups is 1. The van der Waals surface area contributed by atoms with Gasteiger partial charge in [0.05, 0.1) is 0 Å². The molecule has 0 unspecified atom stereocenters. The molecule has 0 N–H and O–H groups in total. The summed E-state index contributed by atoms with van der Waals surface area (Å²) in [5.41, 5.74) is 7.37. The summed E-state index contributed by atoms with van der Waals surface area (Å²) in [6.45, 7) is 0. The Labute approximate surface area is 55.2 Å². The Morgan fingerprint density at radius 3 is 2.00 bits per heavy atom. The van der Waals surface area contributed by atoms with E-state index >= 15 is 0 Å². The second-order valence-electron chi connectivity index (χ2n) is 0.289. The molecule has 0 bridgehead atoms. The number of hydrogen-bond donors (Lipinski definition) is 0. The first-order chi connectivity index (χ1) is 1.91. The maximum atomic E-state index is 7.37. The van der Waals surface area contributed by atoms with Gasteiger partial charge in [0.25, 0.3) is 0 Å². The fourth-order valence-corrected chi connectivity index (χ4v) is 0. The second-order valence-corrected chi connectivity index (χ2v) is 0.689. The van der Waals surface area contributed by atoms with Crippen LogP contribution in [-0.2, 0) is 0 Å². The van der Waals surface area contributed by atoms with Gasteiger partial charge in [-0.1, -0.05) is 0 Å². The molecule has 0 radical (unpaired) electrons. The molecular formula is H4N3NaSi. The zero-order valence-electron chi connectivity index (χ0n) is 2.34. The van der Waals surface area contributed by atoms with Crippen LogP contribution in [0.5, 0.6) is 0 Å². The third-order valence-corrected chi connectivity index (χ3v) is 0.268. The van der Waals surface area contributed by atoms with E-state index in [0.717, 1.165) is 0 Å². The summed E-state index contributed by atoms with van der Waals surface area (Å²) in [5, 5.41) is 0. The number of hydrogen-bond acceptors (Lipinski definition) is 1. The number of rotatable bonds is 0. The van der Waals surface area contributed by atoms with E-state index in [0.29, 0.717) is 10.4 Å². The molecule has 0 fully saturated rings. The van der Waals surface area contributed by atoms with Gasteiger partial charge in [-0.3, -0.25) is 0 Å². The maximum absolute atomic E-state index is 7.37. The van der Waals surface area contributed by atoms with Gasteiger partial charge in [0, 0.05) is 0 Å². The first kappa shape index (κ1) is 9.11. The van der Waals surface area contributed by atoms with Crippen molar-refractivity contribution in [1.29, 1.82) is 0 Å². The van der Waals surface area contributed by atoms with Gasteiger partial charge >= 0.3 is 29.6 Å². The molecule has 24 valence electrons. The molecule has 0 heterocycles. The normalized spacial score (nSPS) is 4.00. The molecular weight excluding hydrogens is 93.1 g/mol. The monoisotopic (exact) mass is 97.0 g/mol. The standard InChI is InChI=1S/H3N3Si.Na.H/c1-2-3-4;;/h4H3;;. The van der Waals surface area contributed by atoms with Gasteiger partial charge in [-0.25, -0.2) is 0 Å². The summed E-state index contributed by atoms with van der Waals surface area (Å²) >= 11 is 0. The predicted octanol–water partition coefficient (Wildman–Crippen LogP) is -1.07. The molecule has 5 heavy (non-hydrogen) atoms. The van der Waals surface area contributed by atoms with E-state index < -0.39 is 0 Å². The Kier molecular flexibility index (Phi) is 16.1. The molecule has 0 aliphatic carbocycles. The molecule has 0 aliphatic heterocycles. The third kappa shape index (κ3) is 12.4. The van der Waals surface area contributed by atoms with Crippen LogP contribution in [0.25, 0.3) is 10.4 Å². The summed E-state index contributed by atoms with van der Waals surface area (Å²) in [6.07, 6.45) is 0. The van der Waals surface area contributed by atoms with Crippen LogP contribution in [0.4, 0.5) is 0 Å². The summed E-state index contributed by atoms with van der Waals surface area (Å²) in [5.74, 6) is 0. The quantitative estimate of drug-likeness (QED) is 0.160. The SMILES string of the molecule is [N-]=[N+]=N[SiH3].[NaH]. The van der Waals surface area contributed by atoms with Crippen molar-refractivity contribution in [1.82, 2.24) is 0 Å². The fourth-order valence-electron chi connectivity index (χ4n) is 0. The van der Waals surface area contributed by atoms with Gasteiger partial charge in [0.15, 0.2) is 0 Å². The van der Waals surface area contributed by atoms with E-state index in [1.165, 1.54) is 0 Å². The average Bonchev–Trinajstić information content (AvgIpc) is 1.37. The molecule has 0 amide bonds. The van der Waals surface area contributed by atoms with Crippen LogP contribution in [0, 0.1) is 0 Å². The van der Waals surface area contributed by atoms with E-state index in [1.54, 1.807) is 0 Å². The minimum absolute atomic E-state index is 0. The van der Waals surface area contributed by atoms with Gasteiger partial charge in [-0.2, -0.15) is 0 Å². The molecule has 3 nitrogen and oxygen atoms in total. The van der Waals surface area contributed by atoms with Crippen LogP contribution in [0.1, 0.15) is 0 Å². The molecule has 0 aliphatic rings. The van der Waals surface area contributed by atoms with Crippen molar-refractivity contribution >= 4 is 40.0 Å². The van der Waals surface area contributed by atoms with Crippen LogP contribution >= 0.6 is 0 Å². The molecule has 0 saturated carbocycles. The molecule has 0 aromatic carbocycles. The third-order valence-electron chi connectivity index (χ3n) is 0.0894. The van der Waals surface area contributed by atoms with Crippen LogP contribution in [-0.4, -0.2) is 40.0 Å². The molecule has 5 heteroatoms. The Morgan fingerprint density at radius 2 is 2.00 bits per heavy atom. The van der Waals surface area contributed by atoms with E-state index in [2.05, 4.69) is 9.69 Å². The summed E-state index contributed by atoms with van der Waals surface area (Å²) in [6, 6.07) is 0. The van der Waals surface area contributed by atoms with Gasteiger partial charge in [0.1, 0.15) is 10.4 Å². The molecule has 0 atom stereocenters. The van der Waals surface area contributed by atoms with Crippen LogP contribution in [0.3, 0.4) is 0 Å². The Morgan fingerprint density at radius 1 is 1.80 bits per heavy atom. The van der Waals surface area contributed by atoms with Gasteiger partial charge < -0.3 is 0 Å². The van der Waals surface area contributed by atoms with Gasteiger partial charge in [-0.05, 0) is 10.4 Å². The average molecular weight is 97.1 g/mol. The van der Waals surface area contributed by atoms with Crippen molar-refractivity contribution in [3.63, 3.8) is 0 Å². The zero-order chi connectivity index (χ0) is 3.41. The topological polar surface area (TPSA) is 48.8 Å². The van der Waals surface area contributed by atoms with Crippen LogP contribution in [0.15, 0.2) is 4.78 Å². The first-order valence-electron chi connectivity index (χ1n) is 0.847. The zero-order valence-corrected chi connectivity index (χ0v) is 4.34. The fraction of sp³-hybridized carbons (Fsp3) is 0. The van der Waals surface area contributed by atoms with Crippen molar-refractivity contribution in [2.45, 2.75) is 0 Å². The van der Waals surface area contributed by atoms with E-state index in [4.69, 9.17) is 5.53 Å². The van der Waals surface area contributed by atoms with Crippen molar-refractivity contribution in [3.05, 3.63) is 10.4 Å². The first-order valence-corrected chi connectivity index (χ1v) is 1.74. The Bertz CT molecular complexity index is 44.9. The Hall–Kier alpha value is 0.527. The molecule has 0 aromatic rings. The second kappa shape index (κ2) is 8.82. The molecule has 0 aromatic heterocycles. The molecule has 0 rings (SSSR count).